The van der Waals surface area contributed by atoms with Crippen LogP contribution in [-0.4, -0.2) is 24.4 Å². The lowest BCUT2D eigenvalue weighted by Crippen LogP contribution is -2.10. The van der Waals surface area contributed by atoms with E-state index in [1.165, 1.54) is 0 Å². The Hall–Kier alpha value is -1.68. The van der Waals surface area contributed by atoms with Crippen LogP contribution in [0.15, 0.2) is 18.2 Å². The number of fused-ring (bicyclic) bond motifs is 1. The number of amides is 1. The first-order valence-electron chi connectivity index (χ1n) is 7.80. The predicted molar refractivity (Wildman–Crippen MR) is 80.5 cm³/mol. The van der Waals surface area contributed by atoms with Crippen molar-refractivity contribution in [1.29, 1.82) is 0 Å². The highest BCUT2D eigenvalue weighted by molar-refractivity contribution is 5.98. The molecule has 112 valence electrons. The molecular weight excluding hydrogens is 266 g/mol. The summed E-state index contributed by atoms with van der Waals surface area (Å²) in [5.41, 5.74) is 2.68. The second-order valence-corrected chi connectivity index (χ2v) is 5.87. The molecule has 2 heterocycles. The van der Waals surface area contributed by atoms with Gasteiger partial charge in [-0.15, -0.1) is 0 Å². The molecule has 21 heavy (non-hydrogen) atoms. The van der Waals surface area contributed by atoms with Gasteiger partial charge in [0.25, 0.3) is 0 Å². The average Bonchev–Trinajstić information content (AvgIpc) is 2.92. The molecule has 3 rings (SSSR count). The minimum atomic E-state index is 0.0613. The van der Waals surface area contributed by atoms with Gasteiger partial charge in [-0.25, -0.2) is 0 Å². The van der Waals surface area contributed by atoms with Crippen LogP contribution in [0, 0.1) is 0 Å². The third-order valence-electron chi connectivity index (χ3n) is 4.27. The van der Waals surface area contributed by atoms with E-state index in [4.69, 9.17) is 4.74 Å². The molecule has 2 aliphatic rings. The highest BCUT2D eigenvalue weighted by Crippen LogP contribution is 2.24. The van der Waals surface area contributed by atoms with Crippen LogP contribution in [0.5, 0.6) is 0 Å². The van der Waals surface area contributed by atoms with Gasteiger partial charge in [0.05, 0.1) is 6.10 Å². The molecule has 1 N–H and O–H groups in total. The molecule has 0 radical (unpaired) electrons. The van der Waals surface area contributed by atoms with Gasteiger partial charge in [0.1, 0.15) is 0 Å². The summed E-state index contributed by atoms with van der Waals surface area (Å²) >= 11 is 0. The van der Waals surface area contributed by atoms with Crippen LogP contribution in [0.25, 0.3) is 0 Å². The number of hydrogen-bond acceptors (Lipinski definition) is 3. The van der Waals surface area contributed by atoms with Crippen LogP contribution in [0.3, 0.4) is 0 Å². The van der Waals surface area contributed by atoms with Gasteiger partial charge in [0.2, 0.25) is 5.91 Å². The molecule has 0 aromatic heterocycles. The first kappa shape index (κ1) is 14.3. The average molecular weight is 287 g/mol. The zero-order chi connectivity index (χ0) is 14.7. The molecule has 1 aromatic carbocycles. The first-order valence-corrected chi connectivity index (χ1v) is 7.80. The van der Waals surface area contributed by atoms with Gasteiger partial charge in [0, 0.05) is 30.7 Å². The van der Waals surface area contributed by atoms with Gasteiger partial charge in [-0.05, 0) is 55.9 Å². The van der Waals surface area contributed by atoms with Crippen molar-refractivity contribution < 1.29 is 14.3 Å². The Bertz CT molecular complexity index is 547. The van der Waals surface area contributed by atoms with Crippen molar-refractivity contribution in [1.82, 2.24) is 0 Å². The molecule has 1 saturated heterocycles. The van der Waals surface area contributed by atoms with Crippen LogP contribution in [0.2, 0.25) is 0 Å². The van der Waals surface area contributed by atoms with Crippen molar-refractivity contribution in [3.8, 4) is 0 Å². The first-order chi connectivity index (χ1) is 10.2. The van der Waals surface area contributed by atoms with Crippen molar-refractivity contribution in [3.63, 3.8) is 0 Å². The van der Waals surface area contributed by atoms with Crippen LogP contribution < -0.4 is 5.32 Å². The summed E-state index contributed by atoms with van der Waals surface area (Å²) in [5.74, 6) is 0.232. The van der Waals surface area contributed by atoms with Gasteiger partial charge in [-0.2, -0.15) is 0 Å². The minimum Gasteiger partial charge on any atom is -0.378 e. The Morgan fingerprint density at radius 2 is 2.19 bits per heavy atom. The smallest absolute Gasteiger partial charge is 0.224 e. The highest BCUT2D eigenvalue weighted by Gasteiger charge is 2.19. The fraction of sp³-hybridized carbons (Fsp3) is 0.529. The Kier molecular flexibility index (Phi) is 4.34. The van der Waals surface area contributed by atoms with Crippen LogP contribution in [0.4, 0.5) is 5.69 Å². The Morgan fingerprint density at radius 3 is 3.00 bits per heavy atom. The van der Waals surface area contributed by atoms with E-state index in [9.17, 15) is 9.59 Å². The third-order valence-corrected chi connectivity index (χ3v) is 4.27. The van der Waals surface area contributed by atoms with Gasteiger partial charge in [0.15, 0.2) is 5.78 Å². The molecule has 4 nitrogen and oxygen atoms in total. The van der Waals surface area contributed by atoms with Gasteiger partial charge < -0.3 is 10.1 Å². The van der Waals surface area contributed by atoms with E-state index in [2.05, 4.69) is 5.32 Å². The third kappa shape index (κ3) is 3.50. The minimum absolute atomic E-state index is 0.0613. The summed E-state index contributed by atoms with van der Waals surface area (Å²) in [6.07, 6.45) is 6.03. The van der Waals surface area contributed by atoms with Gasteiger partial charge in [-0.1, -0.05) is 0 Å². The maximum absolute atomic E-state index is 12.3. The fourth-order valence-corrected chi connectivity index (χ4v) is 3.06. The molecular formula is C17H21NO3. The van der Waals surface area contributed by atoms with E-state index in [1.807, 2.05) is 18.2 Å². The molecule has 1 fully saturated rings. The van der Waals surface area contributed by atoms with E-state index >= 15 is 0 Å². The molecule has 0 bridgehead atoms. The number of carbonyl (C=O) groups is 2. The summed E-state index contributed by atoms with van der Waals surface area (Å²) in [4.78, 5) is 23.8. The second-order valence-electron chi connectivity index (χ2n) is 5.87. The largest absolute Gasteiger partial charge is 0.378 e. The zero-order valence-electron chi connectivity index (χ0n) is 12.2. The zero-order valence-corrected chi connectivity index (χ0v) is 12.2. The SMILES string of the molecule is O=C1CCCc2cc(C(=O)CCC3CCCO3)ccc2N1. The Morgan fingerprint density at radius 1 is 1.29 bits per heavy atom. The number of Topliss-reactive ketones (excluding diaryl/α,β-unsaturated/α-hetero) is 1. The summed E-state index contributed by atoms with van der Waals surface area (Å²) in [5, 5.41) is 2.90. The monoisotopic (exact) mass is 287 g/mol. The van der Waals surface area contributed by atoms with Crippen molar-refractivity contribution in [2.75, 3.05) is 11.9 Å². The van der Waals surface area contributed by atoms with Gasteiger partial charge >= 0.3 is 0 Å². The number of ketones is 1. The molecule has 1 atom stereocenters. The topological polar surface area (TPSA) is 55.4 Å². The van der Waals surface area contributed by atoms with Crippen molar-refractivity contribution >= 4 is 17.4 Å². The van der Waals surface area contributed by atoms with E-state index in [0.29, 0.717) is 12.8 Å². The molecule has 1 aromatic rings. The van der Waals surface area contributed by atoms with E-state index in [0.717, 1.165) is 55.5 Å². The number of aryl methyl sites for hydroxylation is 1. The second kappa shape index (κ2) is 6.39. The molecule has 1 unspecified atom stereocenters. The standard InChI is InChI=1S/C17H21NO3/c19-16(9-7-14-4-2-10-21-14)13-6-8-15-12(11-13)3-1-5-17(20)18-15/h6,8,11,14H,1-5,7,9-10H2,(H,18,20). The number of nitrogens with one attached hydrogen (secondary N) is 1. The molecule has 4 heteroatoms. The lowest BCUT2D eigenvalue weighted by atomic mass is 9.99. The van der Waals surface area contributed by atoms with E-state index < -0.39 is 0 Å². The maximum atomic E-state index is 12.3. The van der Waals surface area contributed by atoms with Crippen molar-refractivity contribution in [3.05, 3.63) is 29.3 Å². The van der Waals surface area contributed by atoms with Gasteiger partial charge in [-0.3, -0.25) is 9.59 Å². The fourth-order valence-electron chi connectivity index (χ4n) is 3.06. The van der Waals surface area contributed by atoms with Crippen molar-refractivity contribution in [2.45, 2.75) is 51.0 Å². The number of rotatable bonds is 4. The van der Waals surface area contributed by atoms with Crippen LogP contribution in [0.1, 0.15) is 54.4 Å². The number of benzene rings is 1. The van der Waals surface area contributed by atoms with Crippen LogP contribution in [-0.2, 0) is 16.0 Å². The lowest BCUT2D eigenvalue weighted by molar-refractivity contribution is -0.116. The lowest BCUT2D eigenvalue weighted by Gasteiger charge is -2.10. The molecule has 2 aliphatic heterocycles. The quantitative estimate of drug-likeness (QED) is 0.866. The maximum Gasteiger partial charge on any atom is 0.224 e. The number of ether oxygens (including phenoxy) is 1. The summed E-state index contributed by atoms with van der Waals surface area (Å²) in [6, 6.07) is 5.62. The van der Waals surface area contributed by atoms with Crippen molar-refractivity contribution in [2.24, 2.45) is 0 Å². The molecule has 0 saturated carbocycles. The molecule has 1 amide bonds. The molecule has 0 aliphatic carbocycles. The number of anilines is 1. The number of hydrogen-bond donors (Lipinski definition) is 1. The summed E-state index contributed by atoms with van der Waals surface area (Å²) in [7, 11) is 0. The Labute approximate surface area is 124 Å². The number of carbonyl (C=O) groups excluding carboxylic acids is 2. The highest BCUT2D eigenvalue weighted by atomic mass is 16.5. The Balaban J connectivity index is 1.66. The van der Waals surface area contributed by atoms with Crippen LogP contribution >= 0.6 is 0 Å². The normalized spacial score (nSPS) is 21.5. The van der Waals surface area contributed by atoms with E-state index in [1.54, 1.807) is 0 Å². The summed E-state index contributed by atoms with van der Waals surface area (Å²) in [6.45, 7) is 0.831. The van der Waals surface area contributed by atoms with E-state index in [-0.39, 0.29) is 17.8 Å². The predicted octanol–water partition coefficient (Wildman–Crippen LogP) is 3.10. The summed E-state index contributed by atoms with van der Waals surface area (Å²) < 4.78 is 5.56. The molecule has 0 spiro atoms.